The molecule has 0 fully saturated rings. The maximum atomic E-state index is 2.18. The topological polar surface area (TPSA) is 0 Å². The third-order valence-corrected chi connectivity index (χ3v) is 0.500. The van der Waals surface area contributed by atoms with Gasteiger partial charge < -0.3 is 0 Å². The molecule has 1 heteroatoms. The summed E-state index contributed by atoms with van der Waals surface area (Å²) < 4.78 is 0. The number of hydrogen-bond acceptors (Lipinski definition) is 0. The molecule has 0 spiro atoms. The van der Waals surface area contributed by atoms with Crippen molar-refractivity contribution >= 4 is 17.1 Å². The van der Waals surface area contributed by atoms with Crippen LogP contribution in [0.3, 0.4) is 0 Å². The Kier molecular flexibility index (Phi) is 16.1. The molecule has 0 aliphatic rings. The van der Waals surface area contributed by atoms with Gasteiger partial charge >= 0.3 is 17.1 Å². The van der Waals surface area contributed by atoms with Gasteiger partial charge in [-0.3, -0.25) is 0 Å². The van der Waals surface area contributed by atoms with E-state index in [1.807, 2.05) is 0 Å². The SMILES string of the molecule is CCCC.[SeH2]. The molecule has 0 aromatic carbocycles. The van der Waals surface area contributed by atoms with Crippen LogP contribution >= 0.6 is 0 Å². The molecular weight excluding hydrogens is 127 g/mol. The Morgan fingerprint density at radius 1 is 1.00 bits per heavy atom. The van der Waals surface area contributed by atoms with Gasteiger partial charge in [-0.25, -0.2) is 0 Å². The van der Waals surface area contributed by atoms with Crippen molar-refractivity contribution < 1.29 is 0 Å². The van der Waals surface area contributed by atoms with Gasteiger partial charge in [-0.1, -0.05) is 26.7 Å². The quantitative estimate of drug-likeness (QED) is 0.473. The fourth-order valence-corrected chi connectivity index (χ4v) is 0. The molecule has 0 aliphatic carbocycles. The van der Waals surface area contributed by atoms with Gasteiger partial charge in [0, 0.05) is 0 Å². The van der Waals surface area contributed by atoms with Crippen LogP contribution < -0.4 is 0 Å². The fourth-order valence-electron chi connectivity index (χ4n) is 0. The van der Waals surface area contributed by atoms with E-state index in [0.29, 0.717) is 0 Å². The molecule has 34 valence electrons. The summed E-state index contributed by atoms with van der Waals surface area (Å²) in [6.07, 6.45) is 2.64. The summed E-state index contributed by atoms with van der Waals surface area (Å²) in [5, 5.41) is 0. The molecule has 0 N–H and O–H groups in total. The summed E-state index contributed by atoms with van der Waals surface area (Å²) in [4.78, 5) is 0. The molecule has 0 saturated carbocycles. The average Bonchev–Trinajstić information content (AvgIpc) is 1.37. The molecular formula is C4H12Se. The van der Waals surface area contributed by atoms with Crippen LogP contribution in [0.5, 0.6) is 0 Å². The Labute approximate surface area is 44.4 Å². The predicted molar refractivity (Wildman–Crippen MR) is 29.1 cm³/mol. The van der Waals surface area contributed by atoms with Crippen molar-refractivity contribution in [3.05, 3.63) is 0 Å². The van der Waals surface area contributed by atoms with Crippen LogP contribution in [0.2, 0.25) is 0 Å². The first-order valence-electron chi connectivity index (χ1n) is 1.91. The van der Waals surface area contributed by atoms with E-state index in [4.69, 9.17) is 0 Å². The molecule has 0 nitrogen and oxygen atoms in total. The van der Waals surface area contributed by atoms with Crippen LogP contribution in [0.4, 0.5) is 0 Å². The Hall–Kier alpha value is 0.519. The summed E-state index contributed by atoms with van der Waals surface area (Å²) in [6, 6.07) is 0. The van der Waals surface area contributed by atoms with Crippen LogP contribution in [0.25, 0.3) is 0 Å². The first-order valence-corrected chi connectivity index (χ1v) is 1.91. The second-order valence-electron chi connectivity index (χ2n) is 1.000. The van der Waals surface area contributed by atoms with Gasteiger partial charge in [0.1, 0.15) is 0 Å². The van der Waals surface area contributed by atoms with Gasteiger partial charge in [0.25, 0.3) is 0 Å². The van der Waals surface area contributed by atoms with Crippen LogP contribution in [0, 0.1) is 0 Å². The van der Waals surface area contributed by atoms with Crippen molar-refractivity contribution in [2.45, 2.75) is 26.7 Å². The summed E-state index contributed by atoms with van der Waals surface area (Å²) in [7, 11) is 0. The third kappa shape index (κ3) is 12.4. The van der Waals surface area contributed by atoms with Gasteiger partial charge in [0.05, 0.1) is 0 Å². The van der Waals surface area contributed by atoms with Crippen molar-refractivity contribution in [2.24, 2.45) is 0 Å². The van der Waals surface area contributed by atoms with Crippen molar-refractivity contribution in [1.82, 2.24) is 0 Å². The van der Waals surface area contributed by atoms with Gasteiger partial charge in [-0.15, -0.1) is 0 Å². The van der Waals surface area contributed by atoms with Crippen LogP contribution in [-0.2, 0) is 0 Å². The Balaban J connectivity index is 0. The number of hydrogen-bond donors (Lipinski definition) is 0. The van der Waals surface area contributed by atoms with Crippen LogP contribution in [0.1, 0.15) is 26.7 Å². The summed E-state index contributed by atoms with van der Waals surface area (Å²) in [6.45, 7) is 4.36. The van der Waals surface area contributed by atoms with Crippen molar-refractivity contribution in [3.8, 4) is 0 Å². The van der Waals surface area contributed by atoms with Crippen molar-refractivity contribution in [3.63, 3.8) is 0 Å². The fraction of sp³-hybridized carbons (Fsp3) is 1.00. The molecule has 0 aliphatic heterocycles. The third-order valence-electron chi connectivity index (χ3n) is 0.500. The normalized spacial score (nSPS) is 6.00. The minimum absolute atomic E-state index is 0. The zero-order chi connectivity index (χ0) is 3.41. The molecule has 0 bridgehead atoms. The summed E-state index contributed by atoms with van der Waals surface area (Å²) >= 11 is 0. The van der Waals surface area contributed by atoms with E-state index in [0.717, 1.165) is 0 Å². The van der Waals surface area contributed by atoms with E-state index in [9.17, 15) is 0 Å². The van der Waals surface area contributed by atoms with Gasteiger partial charge in [0.2, 0.25) is 0 Å². The second kappa shape index (κ2) is 8.82. The zero-order valence-corrected chi connectivity index (χ0v) is 6.01. The molecule has 5 heavy (non-hydrogen) atoms. The summed E-state index contributed by atoms with van der Waals surface area (Å²) in [5.74, 6) is 0. The molecule has 0 saturated heterocycles. The molecule has 0 aromatic rings. The number of unbranched alkanes of at least 4 members (excludes halogenated alkanes) is 1. The van der Waals surface area contributed by atoms with Crippen LogP contribution in [0.15, 0.2) is 0 Å². The summed E-state index contributed by atoms with van der Waals surface area (Å²) in [5.41, 5.74) is 0. The molecule has 0 rings (SSSR count). The standard InChI is InChI=1S/C4H10.H2Se/c1-3-4-2;/h3-4H2,1-2H3;1H2. The minimum atomic E-state index is 0. The van der Waals surface area contributed by atoms with Gasteiger partial charge in [-0.2, -0.15) is 0 Å². The van der Waals surface area contributed by atoms with Gasteiger partial charge in [0.15, 0.2) is 0 Å². The molecule has 0 unspecified atom stereocenters. The van der Waals surface area contributed by atoms with E-state index in [2.05, 4.69) is 13.8 Å². The Bertz CT molecular complexity index is 5.61. The first-order chi connectivity index (χ1) is 1.91. The van der Waals surface area contributed by atoms with E-state index in [-0.39, 0.29) is 17.1 Å². The van der Waals surface area contributed by atoms with Crippen LogP contribution in [-0.4, -0.2) is 17.1 Å². The molecule has 0 radical (unpaired) electrons. The molecule has 0 atom stereocenters. The molecule has 0 aromatic heterocycles. The van der Waals surface area contributed by atoms with Gasteiger partial charge in [-0.05, 0) is 0 Å². The van der Waals surface area contributed by atoms with E-state index in [1.165, 1.54) is 12.8 Å². The second-order valence-corrected chi connectivity index (χ2v) is 1.000. The Morgan fingerprint density at radius 3 is 1.20 bits per heavy atom. The van der Waals surface area contributed by atoms with E-state index >= 15 is 0 Å². The molecule has 0 amide bonds. The van der Waals surface area contributed by atoms with E-state index in [1.54, 1.807) is 0 Å². The van der Waals surface area contributed by atoms with Crippen molar-refractivity contribution in [1.29, 1.82) is 0 Å². The molecule has 0 heterocycles. The predicted octanol–water partition coefficient (Wildman–Crippen LogP) is 0.890. The first kappa shape index (κ1) is 9.10. The van der Waals surface area contributed by atoms with E-state index < -0.39 is 0 Å². The number of rotatable bonds is 1. The van der Waals surface area contributed by atoms with Crippen molar-refractivity contribution in [2.75, 3.05) is 0 Å². The zero-order valence-electron chi connectivity index (χ0n) is 3.91. The average molecular weight is 139 g/mol. The monoisotopic (exact) mass is 140 g/mol. The maximum absolute atomic E-state index is 2.18. The Morgan fingerprint density at radius 2 is 1.20 bits per heavy atom.